The maximum atomic E-state index is 4.67. The number of anilines is 1. The molecule has 4 heterocycles. The molecule has 1 aliphatic rings. The second-order valence-corrected chi connectivity index (χ2v) is 6.82. The first kappa shape index (κ1) is 16.1. The van der Waals surface area contributed by atoms with Gasteiger partial charge >= 0.3 is 0 Å². The molecule has 5 rings (SSSR count). The van der Waals surface area contributed by atoms with Gasteiger partial charge in [0.05, 0.1) is 5.52 Å². The minimum atomic E-state index is 0.708. The third-order valence-electron chi connectivity index (χ3n) is 5.12. The van der Waals surface area contributed by atoms with E-state index in [2.05, 4.69) is 54.0 Å². The van der Waals surface area contributed by atoms with Crippen molar-refractivity contribution < 1.29 is 0 Å². The second kappa shape index (κ2) is 6.89. The molecule has 0 aliphatic carbocycles. The zero-order valence-corrected chi connectivity index (χ0v) is 15.0. The molecular formula is C21H20N6. The third-order valence-corrected chi connectivity index (χ3v) is 5.12. The zero-order chi connectivity index (χ0) is 18.1. The lowest BCUT2D eigenvalue weighted by molar-refractivity contribution is 0.250. The average molecular weight is 356 g/mol. The first-order valence-electron chi connectivity index (χ1n) is 9.24. The van der Waals surface area contributed by atoms with Gasteiger partial charge in [0, 0.05) is 56.7 Å². The van der Waals surface area contributed by atoms with E-state index in [4.69, 9.17) is 0 Å². The lowest BCUT2D eigenvalue weighted by Crippen LogP contribution is -2.46. The van der Waals surface area contributed by atoms with Crippen LogP contribution in [-0.2, 0) is 6.54 Å². The molecule has 6 nitrogen and oxygen atoms in total. The highest BCUT2D eigenvalue weighted by Crippen LogP contribution is 2.20. The van der Waals surface area contributed by atoms with Crippen molar-refractivity contribution in [1.82, 2.24) is 24.8 Å². The third kappa shape index (κ3) is 3.19. The first-order valence-corrected chi connectivity index (χ1v) is 9.24. The van der Waals surface area contributed by atoms with Crippen LogP contribution in [-0.4, -0.2) is 51.0 Å². The van der Waals surface area contributed by atoms with Gasteiger partial charge in [0.25, 0.3) is 0 Å². The molecule has 0 radical (unpaired) electrons. The summed E-state index contributed by atoms with van der Waals surface area (Å²) < 4.78 is 0. The van der Waals surface area contributed by atoms with Gasteiger partial charge in [-0.1, -0.05) is 24.3 Å². The largest absolute Gasteiger partial charge is 0.354 e. The summed E-state index contributed by atoms with van der Waals surface area (Å²) in [6.07, 6.45) is 5.26. The van der Waals surface area contributed by atoms with Crippen LogP contribution in [0.15, 0.2) is 61.1 Å². The summed E-state index contributed by atoms with van der Waals surface area (Å²) in [4.78, 5) is 22.7. The highest BCUT2D eigenvalue weighted by Gasteiger charge is 2.19. The number of hydrogen-bond acceptors (Lipinski definition) is 6. The molecule has 3 aromatic heterocycles. The number of piperazine rings is 1. The Bertz CT molecular complexity index is 1080. The van der Waals surface area contributed by atoms with Gasteiger partial charge in [-0.05, 0) is 23.8 Å². The molecule has 1 aromatic carbocycles. The van der Waals surface area contributed by atoms with E-state index in [1.165, 1.54) is 10.9 Å². The van der Waals surface area contributed by atoms with Gasteiger partial charge in [-0.25, -0.2) is 9.97 Å². The monoisotopic (exact) mass is 356 g/mol. The van der Waals surface area contributed by atoms with Crippen LogP contribution >= 0.6 is 0 Å². The summed E-state index contributed by atoms with van der Waals surface area (Å²) >= 11 is 0. The summed E-state index contributed by atoms with van der Waals surface area (Å²) in [6, 6.07) is 14.6. The Balaban J connectivity index is 1.29. The molecular weight excluding hydrogens is 336 g/mol. The van der Waals surface area contributed by atoms with Crippen molar-refractivity contribution >= 4 is 27.9 Å². The Morgan fingerprint density at radius 3 is 2.56 bits per heavy atom. The molecule has 134 valence electrons. The number of para-hydroxylation sites is 1. The van der Waals surface area contributed by atoms with Gasteiger partial charge in [-0.15, -0.1) is 0 Å². The van der Waals surface area contributed by atoms with Crippen molar-refractivity contribution in [3.05, 3.63) is 66.6 Å². The lowest BCUT2D eigenvalue weighted by atomic mass is 10.1. The van der Waals surface area contributed by atoms with Crippen LogP contribution in [0.3, 0.4) is 0 Å². The predicted octanol–water partition coefficient (Wildman–Crippen LogP) is 2.90. The zero-order valence-electron chi connectivity index (χ0n) is 15.0. The van der Waals surface area contributed by atoms with E-state index >= 15 is 0 Å². The van der Waals surface area contributed by atoms with Crippen molar-refractivity contribution in [2.75, 3.05) is 31.1 Å². The topological polar surface area (TPSA) is 58.0 Å². The van der Waals surface area contributed by atoms with Crippen LogP contribution in [0.1, 0.15) is 5.56 Å². The number of rotatable bonds is 3. The Morgan fingerprint density at radius 1 is 0.778 bits per heavy atom. The van der Waals surface area contributed by atoms with Crippen molar-refractivity contribution in [3.63, 3.8) is 0 Å². The molecule has 1 fully saturated rings. The summed E-state index contributed by atoms with van der Waals surface area (Å²) in [5.41, 5.74) is 3.94. The van der Waals surface area contributed by atoms with Crippen LogP contribution in [0.5, 0.6) is 0 Å². The number of benzene rings is 1. The summed E-state index contributed by atoms with van der Waals surface area (Å²) in [5.74, 6) is 0.981. The second-order valence-electron chi connectivity index (χ2n) is 6.82. The standard InChI is InChI=1S/C21H20N6/c1-3-16-5-2-8-23-20(16)17(4-1)15-26-11-13-27(14-12-26)19-7-6-18-21(25-19)24-10-9-22-18/h1-10H,11-15H2. The molecule has 1 aliphatic heterocycles. The van der Waals surface area contributed by atoms with E-state index in [0.717, 1.165) is 49.6 Å². The van der Waals surface area contributed by atoms with Crippen LogP contribution < -0.4 is 4.90 Å². The Kier molecular flexibility index (Phi) is 4.10. The summed E-state index contributed by atoms with van der Waals surface area (Å²) in [5, 5.41) is 1.20. The maximum absolute atomic E-state index is 4.67. The Hall–Kier alpha value is -3.12. The highest BCUT2D eigenvalue weighted by molar-refractivity contribution is 5.81. The minimum absolute atomic E-state index is 0.708. The van der Waals surface area contributed by atoms with Gasteiger partial charge in [0.2, 0.25) is 0 Å². The fourth-order valence-electron chi connectivity index (χ4n) is 3.69. The highest BCUT2D eigenvalue weighted by atomic mass is 15.3. The molecule has 1 saturated heterocycles. The smallest absolute Gasteiger partial charge is 0.180 e. The normalized spacial score (nSPS) is 15.5. The van der Waals surface area contributed by atoms with E-state index in [-0.39, 0.29) is 0 Å². The van der Waals surface area contributed by atoms with Crippen molar-refractivity contribution in [2.24, 2.45) is 0 Å². The van der Waals surface area contributed by atoms with Gasteiger partial charge < -0.3 is 4.90 Å². The predicted molar refractivity (Wildman–Crippen MR) is 107 cm³/mol. The Labute approximate surface area is 157 Å². The van der Waals surface area contributed by atoms with Gasteiger partial charge in [0.1, 0.15) is 11.3 Å². The molecule has 0 unspecified atom stereocenters. The maximum Gasteiger partial charge on any atom is 0.180 e. The van der Waals surface area contributed by atoms with Crippen LogP contribution in [0.4, 0.5) is 5.82 Å². The number of aromatic nitrogens is 4. The molecule has 6 heteroatoms. The van der Waals surface area contributed by atoms with Crippen molar-refractivity contribution in [1.29, 1.82) is 0 Å². The summed E-state index contributed by atoms with van der Waals surface area (Å²) in [7, 11) is 0. The number of nitrogens with zero attached hydrogens (tertiary/aromatic N) is 6. The average Bonchev–Trinajstić information content (AvgIpc) is 2.74. The molecule has 0 saturated carbocycles. The quantitative estimate of drug-likeness (QED) is 0.563. The number of fused-ring (bicyclic) bond motifs is 2. The number of hydrogen-bond donors (Lipinski definition) is 0. The molecule has 0 amide bonds. The van der Waals surface area contributed by atoms with E-state index in [1.807, 2.05) is 24.4 Å². The first-order chi connectivity index (χ1) is 13.4. The lowest BCUT2D eigenvalue weighted by Gasteiger charge is -2.35. The van der Waals surface area contributed by atoms with E-state index < -0.39 is 0 Å². The van der Waals surface area contributed by atoms with Crippen molar-refractivity contribution in [3.8, 4) is 0 Å². The molecule has 0 N–H and O–H groups in total. The van der Waals surface area contributed by atoms with E-state index in [0.29, 0.717) is 5.65 Å². The molecule has 0 spiro atoms. The van der Waals surface area contributed by atoms with Crippen LogP contribution in [0.2, 0.25) is 0 Å². The van der Waals surface area contributed by atoms with E-state index in [9.17, 15) is 0 Å². The van der Waals surface area contributed by atoms with Crippen molar-refractivity contribution in [2.45, 2.75) is 6.54 Å². The minimum Gasteiger partial charge on any atom is -0.354 e. The van der Waals surface area contributed by atoms with Crippen LogP contribution in [0.25, 0.3) is 22.1 Å². The van der Waals surface area contributed by atoms with E-state index in [1.54, 1.807) is 12.4 Å². The molecule has 0 bridgehead atoms. The fourth-order valence-corrected chi connectivity index (χ4v) is 3.69. The fraction of sp³-hybridized carbons (Fsp3) is 0.238. The SMILES string of the molecule is c1cnc2c(CN3CCN(c4ccc5nccnc5n4)CC3)cccc2c1. The van der Waals surface area contributed by atoms with Crippen LogP contribution in [0, 0.1) is 0 Å². The number of pyridine rings is 2. The molecule has 27 heavy (non-hydrogen) atoms. The molecule has 4 aromatic rings. The summed E-state index contributed by atoms with van der Waals surface area (Å²) in [6.45, 7) is 4.85. The Morgan fingerprint density at radius 2 is 1.63 bits per heavy atom. The van der Waals surface area contributed by atoms with Gasteiger partial charge in [-0.2, -0.15) is 0 Å². The van der Waals surface area contributed by atoms with Gasteiger partial charge in [0.15, 0.2) is 5.65 Å². The van der Waals surface area contributed by atoms with Gasteiger partial charge in [-0.3, -0.25) is 14.9 Å². The molecule has 0 atom stereocenters.